The van der Waals surface area contributed by atoms with E-state index in [1.54, 1.807) is 0 Å². The summed E-state index contributed by atoms with van der Waals surface area (Å²) in [4.78, 5) is 17.3. The van der Waals surface area contributed by atoms with Crippen molar-refractivity contribution in [3.8, 4) is 0 Å². The van der Waals surface area contributed by atoms with Gasteiger partial charge in [-0.2, -0.15) is 0 Å². The Labute approximate surface area is 138 Å². The molecule has 1 aromatic rings. The van der Waals surface area contributed by atoms with Gasteiger partial charge < -0.3 is 10.2 Å². The fraction of sp³-hybridized carbons (Fsp3) is 0.632. The third-order valence-electron chi connectivity index (χ3n) is 6.05. The number of piperidine rings is 1. The molecule has 4 nitrogen and oxygen atoms in total. The standard InChI is InChI=1S/C19H27N3O/c1-14-3-4-15-12-18(23)22(17(15)11-14)16-5-9-21(10-6-16)19(2)7-8-20-13-19/h3-4,11,16,20H,5-10,12-13H2,1-2H3. The number of hydrogen-bond donors (Lipinski definition) is 1. The van der Waals surface area contributed by atoms with Crippen molar-refractivity contribution in [2.24, 2.45) is 0 Å². The zero-order valence-corrected chi connectivity index (χ0v) is 14.3. The molecule has 3 aliphatic rings. The van der Waals surface area contributed by atoms with Crippen LogP contribution in [0.4, 0.5) is 5.69 Å². The van der Waals surface area contributed by atoms with Gasteiger partial charge in [0.2, 0.25) is 5.91 Å². The van der Waals surface area contributed by atoms with Gasteiger partial charge in [-0.25, -0.2) is 0 Å². The van der Waals surface area contributed by atoms with E-state index < -0.39 is 0 Å². The summed E-state index contributed by atoms with van der Waals surface area (Å²) in [5, 5.41) is 3.50. The van der Waals surface area contributed by atoms with Crippen LogP contribution in [0.3, 0.4) is 0 Å². The lowest BCUT2D eigenvalue weighted by Crippen LogP contribution is -2.54. The highest BCUT2D eigenvalue weighted by molar-refractivity contribution is 6.02. The zero-order valence-electron chi connectivity index (χ0n) is 14.3. The predicted octanol–water partition coefficient (Wildman–Crippen LogP) is 2.10. The van der Waals surface area contributed by atoms with Gasteiger partial charge in [0.25, 0.3) is 0 Å². The van der Waals surface area contributed by atoms with Crippen molar-refractivity contribution in [2.45, 2.75) is 51.1 Å². The summed E-state index contributed by atoms with van der Waals surface area (Å²) in [7, 11) is 0. The third kappa shape index (κ3) is 2.58. The highest BCUT2D eigenvalue weighted by Gasteiger charge is 2.40. The number of nitrogens with zero attached hydrogens (tertiary/aromatic N) is 2. The van der Waals surface area contributed by atoms with Gasteiger partial charge in [-0.3, -0.25) is 9.69 Å². The van der Waals surface area contributed by atoms with Crippen LogP contribution in [0, 0.1) is 6.92 Å². The summed E-state index contributed by atoms with van der Waals surface area (Å²) in [6, 6.07) is 6.81. The summed E-state index contributed by atoms with van der Waals surface area (Å²) >= 11 is 0. The fourth-order valence-corrected chi connectivity index (χ4v) is 4.57. The SMILES string of the molecule is Cc1ccc2c(c1)N(C1CCN(C3(C)CCNC3)CC1)C(=O)C2. The maximum absolute atomic E-state index is 12.5. The molecule has 1 N–H and O–H groups in total. The van der Waals surface area contributed by atoms with E-state index in [4.69, 9.17) is 0 Å². The molecule has 0 saturated carbocycles. The van der Waals surface area contributed by atoms with E-state index in [1.165, 1.54) is 23.2 Å². The summed E-state index contributed by atoms with van der Waals surface area (Å²) in [6.07, 6.45) is 4.00. The molecule has 1 amide bonds. The first-order chi connectivity index (χ1) is 11.1. The third-order valence-corrected chi connectivity index (χ3v) is 6.05. The Morgan fingerprint density at radius 2 is 2.04 bits per heavy atom. The molecule has 0 radical (unpaired) electrons. The maximum Gasteiger partial charge on any atom is 0.231 e. The van der Waals surface area contributed by atoms with Gasteiger partial charge in [-0.15, -0.1) is 0 Å². The number of amides is 1. The average Bonchev–Trinajstić information content (AvgIpc) is 3.11. The van der Waals surface area contributed by atoms with Crippen LogP contribution in [-0.2, 0) is 11.2 Å². The molecular weight excluding hydrogens is 286 g/mol. The van der Waals surface area contributed by atoms with Gasteiger partial charge in [-0.05, 0) is 56.8 Å². The first-order valence-electron chi connectivity index (χ1n) is 8.94. The van der Waals surface area contributed by atoms with Crippen LogP contribution >= 0.6 is 0 Å². The quantitative estimate of drug-likeness (QED) is 0.908. The summed E-state index contributed by atoms with van der Waals surface area (Å²) in [6.45, 7) is 8.93. The van der Waals surface area contributed by atoms with E-state index in [1.807, 2.05) is 0 Å². The minimum atomic E-state index is 0.290. The molecule has 4 heteroatoms. The lowest BCUT2D eigenvalue weighted by Gasteiger charge is -2.44. The van der Waals surface area contributed by atoms with E-state index in [0.29, 0.717) is 18.0 Å². The van der Waals surface area contributed by atoms with Gasteiger partial charge in [0, 0.05) is 36.9 Å². The minimum absolute atomic E-state index is 0.290. The summed E-state index contributed by atoms with van der Waals surface area (Å²) in [5.74, 6) is 0.290. The van der Waals surface area contributed by atoms with Crippen molar-refractivity contribution in [1.82, 2.24) is 10.2 Å². The van der Waals surface area contributed by atoms with E-state index in [-0.39, 0.29) is 5.91 Å². The van der Waals surface area contributed by atoms with Gasteiger partial charge in [-0.1, -0.05) is 12.1 Å². The van der Waals surface area contributed by atoms with Crippen molar-refractivity contribution >= 4 is 11.6 Å². The fourth-order valence-electron chi connectivity index (χ4n) is 4.57. The number of fused-ring (bicyclic) bond motifs is 1. The molecule has 0 aliphatic carbocycles. The molecule has 1 unspecified atom stereocenters. The molecule has 0 aromatic heterocycles. The molecule has 124 valence electrons. The number of carbonyl (C=O) groups excluding carboxylic acids is 1. The highest BCUT2D eigenvalue weighted by Crippen LogP contribution is 2.35. The van der Waals surface area contributed by atoms with E-state index in [0.717, 1.165) is 39.0 Å². The number of likely N-dealkylation sites (tertiary alicyclic amines) is 1. The number of carbonyl (C=O) groups is 1. The van der Waals surface area contributed by atoms with Crippen molar-refractivity contribution in [3.63, 3.8) is 0 Å². The van der Waals surface area contributed by atoms with Gasteiger partial charge in [0.15, 0.2) is 0 Å². The Hall–Kier alpha value is -1.39. The number of rotatable bonds is 2. The second-order valence-corrected chi connectivity index (χ2v) is 7.71. The average molecular weight is 313 g/mol. The topological polar surface area (TPSA) is 35.6 Å². The Bertz CT molecular complexity index is 613. The molecule has 2 fully saturated rings. The lowest BCUT2D eigenvalue weighted by atomic mass is 9.93. The van der Waals surface area contributed by atoms with Crippen LogP contribution < -0.4 is 10.2 Å². The number of aryl methyl sites for hydroxylation is 1. The monoisotopic (exact) mass is 313 g/mol. The Kier molecular flexibility index (Phi) is 3.69. The van der Waals surface area contributed by atoms with Crippen LogP contribution in [0.2, 0.25) is 0 Å². The number of benzene rings is 1. The first kappa shape index (κ1) is 15.2. The smallest absolute Gasteiger partial charge is 0.231 e. The molecule has 3 aliphatic heterocycles. The second-order valence-electron chi connectivity index (χ2n) is 7.71. The summed E-state index contributed by atoms with van der Waals surface area (Å²) < 4.78 is 0. The Morgan fingerprint density at radius 1 is 1.26 bits per heavy atom. The van der Waals surface area contributed by atoms with Crippen LogP contribution in [0.5, 0.6) is 0 Å². The Morgan fingerprint density at radius 3 is 2.74 bits per heavy atom. The molecule has 3 heterocycles. The molecule has 2 saturated heterocycles. The van der Waals surface area contributed by atoms with Crippen LogP contribution in [0.15, 0.2) is 18.2 Å². The molecule has 0 spiro atoms. The highest BCUT2D eigenvalue weighted by atomic mass is 16.2. The molecule has 1 atom stereocenters. The Balaban J connectivity index is 1.49. The number of nitrogens with one attached hydrogen (secondary N) is 1. The van der Waals surface area contributed by atoms with Crippen LogP contribution in [0.25, 0.3) is 0 Å². The largest absolute Gasteiger partial charge is 0.315 e. The normalized spacial score (nSPS) is 29.3. The molecule has 1 aromatic carbocycles. The predicted molar refractivity (Wildman–Crippen MR) is 92.9 cm³/mol. The first-order valence-corrected chi connectivity index (χ1v) is 8.94. The summed E-state index contributed by atoms with van der Waals surface area (Å²) in [5.41, 5.74) is 3.93. The minimum Gasteiger partial charge on any atom is -0.315 e. The van der Waals surface area contributed by atoms with E-state index in [2.05, 4.69) is 47.2 Å². The van der Waals surface area contributed by atoms with Crippen LogP contribution in [-0.4, -0.2) is 48.6 Å². The van der Waals surface area contributed by atoms with Gasteiger partial charge >= 0.3 is 0 Å². The number of anilines is 1. The lowest BCUT2D eigenvalue weighted by molar-refractivity contribution is -0.118. The van der Waals surface area contributed by atoms with E-state index >= 15 is 0 Å². The van der Waals surface area contributed by atoms with Crippen molar-refractivity contribution < 1.29 is 4.79 Å². The number of hydrogen-bond acceptors (Lipinski definition) is 3. The van der Waals surface area contributed by atoms with Gasteiger partial charge in [0.05, 0.1) is 6.42 Å². The second kappa shape index (κ2) is 5.60. The molecule has 4 rings (SSSR count). The van der Waals surface area contributed by atoms with Crippen molar-refractivity contribution in [3.05, 3.63) is 29.3 Å². The molecule has 23 heavy (non-hydrogen) atoms. The van der Waals surface area contributed by atoms with Gasteiger partial charge in [0.1, 0.15) is 0 Å². The van der Waals surface area contributed by atoms with Crippen molar-refractivity contribution in [2.75, 3.05) is 31.1 Å². The molecular formula is C19H27N3O. The van der Waals surface area contributed by atoms with E-state index in [9.17, 15) is 4.79 Å². The van der Waals surface area contributed by atoms with Crippen LogP contribution in [0.1, 0.15) is 37.3 Å². The zero-order chi connectivity index (χ0) is 16.0. The molecule has 0 bridgehead atoms. The maximum atomic E-state index is 12.5. The van der Waals surface area contributed by atoms with Crippen molar-refractivity contribution in [1.29, 1.82) is 0 Å².